The van der Waals surface area contributed by atoms with E-state index in [1.54, 1.807) is 6.08 Å². The van der Waals surface area contributed by atoms with Crippen LogP contribution in [0.15, 0.2) is 55.1 Å². The summed E-state index contributed by atoms with van der Waals surface area (Å²) in [7, 11) is 0. The van der Waals surface area contributed by atoms with Gasteiger partial charge < -0.3 is 10.1 Å². The predicted octanol–water partition coefficient (Wildman–Crippen LogP) is 3.48. The highest BCUT2D eigenvalue weighted by molar-refractivity contribution is 5.67. The lowest BCUT2D eigenvalue weighted by Crippen LogP contribution is -2.32. The molecule has 0 heterocycles. The number of nitrogens with one attached hydrogen (secondary N) is 1. The van der Waals surface area contributed by atoms with Gasteiger partial charge in [0, 0.05) is 6.04 Å². The van der Waals surface area contributed by atoms with E-state index in [9.17, 15) is 4.79 Å². The highest BCUT2D eigenvalue weighted by Gasteiger charge is 2.04. The maximum absolute atomic E-state index is 11.4. The van der Waals surface area contributed by atoms with Gasteiger partial charge in [0.15, 0.2) is 0 Å². The Labute approximate surface area is 115 Å². The Bertz CT molecular complexity index is 412. The topological polar surface area (TPSA) is 38.3 Å². The number of hydrogen-bond donors (Lipinski definition) is 1. The van der Waals surface area contributed by atoms with Crippen molar-refractivity contribution in [2.75, 3.05) is 6.61 Å². The van der Waals surface area contributed by atoms with E-state index in [-0.39, 0.29) is 6.04 Å². The van der Waals surface area contributed by atoms with Crippen LogP contribution in [0.3, 0.4) is 0 Å². The van der Waals surface area contributed by atoms with Gasteiger partial charge in [-0.3, -0.25) is 0 Å². The van der Waals surface area contributed by atoms with Crippen molar-refractivity contribution < 1.29 is 9.53 Å². The first-order valence-corrected chi connectivity index (χ1v) is 6.45. The Morgan fingerprint density at radius 3 is 2.79 bits per heavy atom. The molecular weight excluding hydrogens is 238 g/mol. The van der Waals surface area contributed by atoms with Gasteiger partial charge >= 0.3 is 6.09 Å². The van der Waals surface area contributed by atoms with E-state index in [1.807, 2.05) is 37.3 Å². The van der Waals surface area contributed by atoms with Crippen molar-refractivity contribution in [3.63, 3.8) is 0 Å². The van der Waals surface area contributed by atoms with Crippen LogP contribution in [0.2, 0.25) is 0 Å². The van der Waals surface area contributed by atoms with Gasteiger partial charge in [-0.15, -0.1) is 6.58 Å². The van der Waals surface area contributed by atoms with Gasteiger partial charge in [0.1, 0.15) is 6.61 Å². The average molecular weight is 259 g/mol. The fourth-order valence-corrected chi connectivity index (χ4v) is 1.58. The molecule has 1 N–H and O–H groups in total. The summed E-state index contributed by atoms with van der Waals surface area (Å²) < 4.78 is 5.03. The summed E-state index contributed by atoms with van der Waals surface area (Å²) in [5, 5.41) is 2.72. The van der Waals surface area contributed by atoms with Gasteiger partial charge in [0.2, 0.25) is 0 Å². The maximum atomic E-state index is 11.4. The van der Waals surface area contributed by atoms with Gasteiger partial charge in [-0.2, -0.15) is 0 Å². The largest absolute Gasteiger partial charge is 0.445 e. The molecule has 3 heteroatoms. The van der Waals surface area contributed by atoms with Crippen LogP contribution in [0.25, 0.3) is 0 Å². The average Bonchev–Trinajstić information content (AvgIpc) is 2.39. The first kappa shape index (κ1) is 15.0. The standard InChI is InChI=1S/C16H21NO2/c1-3-9-14(2)17-16(18)19-13-8-7-12-15-10-5-4-6-11-15/h3-8,10-11,14H,1,9,12-13H2,2H3,(H,17,18). The number of amides is 1. The number of carbonyl (C=O) groups is 1. The molecule has 1 unspecified atom stereocenters. The van der Waals surface area contributed by atoms with E-state index in [0.29, 0.717) is 6.61 Å². The summed E-state index contributed by atoms with van der Waals surface area (Å²) in [6.07, 6.45) is 6.81. The van der Waals surface area contributed by atoms with Crippen LogP contribution in [0, 0.1) is 0 Å². The fourth-order valence-electron chi connectivity index (χ4n) is 1.58. The number of allylic oxidation sites excluding steroid dienone is 1. The Morgan fingerprint density at radius 2 is 2.11 bits per heavy atom. The summed E-state index contributed by atoms with van der Waals surface area (Å²) in [6.45, 7) is 5.82. The molecule has 0 saturated carbocycles. The van der Waals surface area contributed by atoms with E-state index >= 15 is 0 Å². The third-order valence-electron chi connectivity index (χ3n) is 2.56. The number of alkyl carbamates (subject to hydrolysis) is 1. The summed E-state index contributed by atoms with van der Waals surface area (Å²) >= 11 is 0. The second kappa shape index (κ2) is 8.97. The monoisotopic (exact) mass is 259 g/mol. The molecule has 1 rings (SSSR count). The summed E-state index contributed by atoms with van der Waals surface area (Å²) in [5.41, 5.74) is 1.24. The Balaban J connectivity index is 2.16. The van der Waals surface area contributed by atoms with Gasteiger partial charge in [-0.1, -0.05) is 48.6 Å². The van der Waals surface area contributed by atoms with Crippen LogP contribution in [0.4, 0.5) is 4.79 Å². The van der Waals surface area contributed by atoms with Crippen LogP contribution >= 0.6 is 0 Å². The Morgan fingerprint density at radius 1 is 1.37 bits per heavy atom. The lowest BCUT2D eigenvalue weighted by Gasteiger charge is -2.10. The predicted molar refractivity (Wildman–Crippen MR) is 78.0 cm³/mol. The molecule has 0 fully saturated rings. The van der Waals surface area contributed by atoms with Crippen molar-refractivity contribution in [1.29, 1.82) is 0 Å². The Kier molecular flexibility index (Phi) is 7.10. The van der Waals surface area contributed by atoms with E-state index in [1.165, 1.54) is 5.56 Å². The molecule has 0 aliphatic carbocycles. The van der Waals surface area contributed by atoms with E-state index < -0.39 is 6.09 Å². The summed E-state index contributed by atoms with van der Waals surface area (Å²) in [4.78, 5) is 11.4. The molecule has 0 aliphatic heterocycles. The minimum Gasteiger partial charge on any atom is -0.445 e. The number of hydrogen-bond acceptors (Lipinski definition) is 2. The van der Waals surface area contributed by atoms with Crippen LogP contribution in [-0.4, -0.2) is 18.7 Å². The zero-order valence-corrected chi connectivity index (χ0v) is 11.3. The highest BCUT2D eigenvalue weighted by atomic mass is 16.5. The number of ether oxygens (including phenoxy) is 1. The first-order chi connectivity index (χ1) is 9.22. The third-order valence-corrected chi connectivity index (χ3v) is 2.56. The van der Waals surface area contributed by atoms with Gasteiger partial charge in [0.25, 0.3) is 0 Å². The SMILES string of the molecule is C=CCC(C)NC(=O)OCC=CCc1ccccc1. The maximum Gasteiger partial charge on any atom is 0.407 e. The minimum atomic E-state index is -0.390. The van der Waals surface area contributed by atoms with Crippen LogP contribution < -0.4 is 5.32 Å². The molecular formula is C16H21NO2. The van der Waals surface area contributed by atoms with E-state index in [4.69, 9.17) is 4.74 Å². The van der Waals surface area contributed by atoms with Crippen molar-refractivity contribution in [2.45, 2.75) is 25.8 Å². The molecule has 0 radical (unpaired) electrons. The molecule has 1 aromatic carbocycles. The molecule has 1 aromatic rings. The second-order valence-electron chi connectivity index (χ2n) is 4.33. The molecule has 0 aromatic heterocycles. The number of rotatable bonds is 7. The van der Waals surface area contributed by atoms with Crippen molar-refractivity contribution >= 4 is 6.09 Å². The second-order valence-corrected chi connectivity index (χ2v) is 4.33. The molecule has 1 amide bonds. The summed E-state index contributed by atoms with van der Waals surface area (Å²) in [6, 6.07) is 10.2. The summed E-state index contributed by atoms with van der Waals surface area (Å²) in [5.74, 6) is 0. The zero-order chi connectivity index (χ0) is 13.9. The minimum absolute atomic E-state index is 0.0540. The quantitative estimate of drug-likeness (QED) is 0.761. The smallest absolute Gasteiger partial charge is 0.407 e. The van der Waals surface area contributed by atoms with Gasteiger partial charge in [0.05, 0.1) is 0 Å². The van der Waals surface area contributed by atoms with Crippen LogP contribution in [-0.2, 0) is 11.2 Å². The fraction of sp³-hybridized carbons (Fsp3) is 0.312. The van der Waals surface area contributed by atoms with Crippen molar-refractivity contribution in [1.82, 2.24) is 5.32 Å². The van der Waals surface area contributed by atoms with E-state index in [0.717, 1.165) is 12.8 Å². The molecule has 1 atom stereocenters. The van der Waals surface area contributed by atoms with Gasteiger partial charge in [-0.05, 0) is 25.3 Å². The van der Waals surface area contributed by atoms with E-state index in [2.05, 4.69) is 24.0 Å². The van der Waals surface area contributed by atoms with Crippen LogP contribution in [0.1, 0.15) is 18.9 Å². The molecule has 0 spiro atoms. The van der Waals surface area contributed by atoms with Crippen molar-refractivity contribution in [3.8, 4) is 0 Å². The normalized spacial score (nSPS) is 12.1. The first-order valence-electron chi connectivity index (χ1n) is 6.45. The number of benzene rings is 1. The lowest BCUT2D eigenvalue weighted by atomic mass is 10.1. The highest BCUT2D eigenvalue weighted by Crippen LogP contribution is 2.00. The lowest BCUT2D eigenvalue weighted by molar-refractivity contribution is 0.155. The third kappa shape index (κ3) is 7.09. The molecule has 102 valence electrons. The number of carbonyl (C=O) groups excluding carboxylic acids is 1. The van der Waals surface area contributed by atoms with Crippen LogP contribution in [0.5, 0.6) is 0 Å². The molecule has 19 heavy (non-hydrogen) atoms. The molecule has 0 bridgehead atoms. The zero-order valence-electron chi connectivity index (χ0n) is 11.3. The van der Waals surface area contributed by atoms with Crippen molar-refractivity contribution in [2.24, 2.45) is 0 Å². The molecule has 3 nitrogen and oxygen atoms in total. The van der Waals surface area contributed by atoms with Gasteiger partial charge in [-0.25, -0.2) is 4.79 Å². The molecule has 0 saturated heterocycles. The Hall–Kier alpha value is -2.03. The van der Waals surface area contributed by atoms with Crippen molar-refractivity contribution in [3.05, 3.63) is 60.7 Å². The molecule has 0 aliphatic rings.